The Morgan fingerprint density at radius 1 is 1.46 bits per heavy atom. The van der Waals surface area contributed by atoms with Crippen LogP contribution >= 0.6 is 0 Å². The normalized spacial score (nSPS) is 37.0. The molecule has 2 aliphatic heterocycles. The lowest BCUT2D eigenvalue weighted by Crippen LogP contribution is -2.31. The molecule has 3 heteroatoms. The largest absolute Gasteiger partial charge is 0.463 e. The molecule has 74 valence electrons. The van der Waals surface area contributed by atoms with Gasteiger partial charge in [-0.1, -0.05) is 0 Å². The van der Waals surface area contributed by atoms with Crippen molar-refractivity contribution in [3.63, 3.8) is 0 Å². The Morgan fingerprint density at radius 3 is 2.69 bits per heavy atom. The van der Waals surface area contributed by atoms with Crippen LogP contribution in [0.1, 0.15) is 33.1 Å². The van der Waals surface area contributed by atoms with Crippen LogP contribution in [0.2, 0.25) is 0 Å². The number of carbonyl (C=O) groups excluding carboxylic acids is 1. The van der Waals surface area contributed by atoms with Crippen LogP contribution in [0.5, 0.6) is 0 Å². The molecule has 0 radical (unpaired) electrons. The molecule has 0 spiro atoms. The second-order valence-electron chi connectivity index (χ2n) is 4.38. The third-order valence-electron chi connectivity index (χ3n) is 2.95. The molecule has 13 heavy (non-hydrogen) atoms. The lowest BCUT2D eigenvalue weighted by atomic mass is 9.89. The zero-order valence-corrected chi connectivity index (χ0v) is 8.25. The number of carbonyl (C=O) groups is 1. The van der Waals surface area contributed by atoms with E-state index in [1.54, 1.807) is 0 Å². The van der Waals surface area contributed by atoms with Crippen molar-refractivity contribution in [2.45, 2.75) is 51.3 Å². The maximum atomic E-state index is 11.6. The topological polar surface area (TPSA) is 38.3 Å². The second kappa shape index (κ2) is 3.29. The van der Waals surface area contributed by atoms with Gasteiger partial charge in [-0.05, 0) is 33.1 Å². The van der Waals surface area contributed by atoms with Crippen LogP contribution in [0.25, 0.3) is 0 Å². The van der Waals surface area contributed by atoms with E-state index in [4.69, 9.17) is 4.74 Å². The van der Waals surface area contributed by atoms with E-state index in [-0.39, 0.29) is 18.0 Å². The first kappa shape index (κ1) is 9.00. The third kappa shape index (κ3) is 1.70. The van der Waals surface area contributed by atoms with E-state index >= 15 is 0 Å². The summed E-state index contributed by atoms with van der Waals surface area (Å²) in [6, 6.07) is 0.978. The van der Waals surface area contributed by atoms with Crippen LogP contribution in [0.15, 0.2) is 0 Å². The fourth-order valence-electron chi connectivity index (χ4n) is 2.40. The zero-order valence-electron chi connectivity index (χ0n) is 8.25. The monoisotopic (exact) mass is 183 g/mol. The molecule has 0 aromatic carbocycles. The summed E-state index contributed by atoms with van der Waals surface area (Å²) in [5.41, 5.74) is 0. The van der Waals surface area contributed by atoms with Crippen LogP contribution in [-0.2, 0) is 9.53 Å². The van der Waals surface area contributed by atoms with Gasteiger partial charge in [0.2, 0.25) is 0 Å². The van der Waals surface area contributed by atoms with Gasteiger partial charge in [0.25, 0.3) is 0 Å². The van der Waals surface area contributed by atoms with Crippen molar-refractivity contribution in [3.8, 4) is 0 Å². The first-order valence-electron chi connectivity index (χ1n) is 5.13. The van der Waals surface area contributed by atoms with E-state index in [1.165, 1.54) is 6.42 Å². The summed E-state index contributed by atoms with van der Waals surface area (Å²) in [6.07, 6.45) is 3.38. The summed E-state index contributed by atoms with van der Waals surface area (Å²) in [5.74, 6) is 0.121. The number of ether oxygens (including phenoxy) is 1. The van der Waals surface area contributed by atoms with Gasteiger partial charge in [0, 0.05) is 12.1 Å². The molecular weight excluding hydrogens is 166 g/mol. The van der Waals surface area contributed by atoms with Crippen molar-refractivity contribution in [1.82, 2.24) is 5.32 Å². The Bertz CT molecular complexity index is 215. The maximum absolute atomic E-state index is 11.6. The highest BCUT2D eigenvalue weighted by Crippen LogP contribution is 2.33. The molecule has 3 nitrogen and oxygen atoms in total. The first-order valence-corrected chi connectivity index (χ1v) is 5.13. The van der Waals surface area contributed by atoms with Crippen LogP contribution in [0.4, 0.5) is 0 Å². The minimum Gasteiger partial charge on any atom is -0.463 e. The van der Waals surface area contributed by atoms with Crippen molar-refractivity contribution in [2.75, 3.05) is 0 Å². The molecule has 3 atom stereocenters. The Kier molecular flexibility index (Phi) is 2.28. The van der Waals surface area contributed by atoms with Gasteiger partial charge in [-0.2, -0.15) is 0 Å². The Morgan fingerprint density at radius 2 is 2.23 bits per heavy atom. The Hall–Kier alpha value is -0.570. The fraction of sp³-hybridized carbons (Fsp3) is 0.900. The Labute approximate surface area is 78.8 Å². The van der Waals surface area contributed by atoms with E-state index in [0.29, 0.717) is 12.1 Å². The number of hydrogen-bond acceptors (Lipinski definition) is 3. The van der Waals surface area contributed by atoms with E-state index in [1.807, 2.05) is 13.8 Å². The summed E-state index contributed by atoms with van der Waals surface area (Å²) in [6.45, 7) is 3.80. The van der Waals surface area contributed by atoms with Crippen LogP contribution in [0, 0.1) is 5.92 Å². The van der Waals surface area contributed by atoms with Gasteiger partial charge >= 0.3 is 5.97 Å². The van der Waals surface area contributed by atoms with Crippen molar-refractivity contribution < 1.29 is 9.53 Å². The molecule has 2 heterocycles. The number of fused-ring (bicyclic) bond motifs is 2. The molecule has 0 aromatic rings. The molecule has 3 unspecified atom stereocenters. The smallest absolute Gasteiger partial charge is 0.310 e. The highest BCUT2D eigenvalue weighted by molar-refractivity contribution is 5.74. The fourth-order valence-corrected chi connectivity index (χ4v) is 2.40. The van der Waals surface area contributed by atoms with Crippen LogP contribution in [-0.4, -0.2) is 24.2 Å². The molecule has 2 saturated heterocycles. The minimum absolute atomic E-state index is 0.00491. The van der Waals surface area contributed by atoms with Crippen molar-refractivity contribution in [3.05, 3.63) is 0 Å². The maximum Gasteiger partial charge on any atom is 0.310 e. The van der Waals surface area contributed by atoms with Gasteiger partial charge < -0.3 is 10.1 Å². The molecule has 1 N–H and O–H groups in total. The average Bonchev–Trinajstić information content (AvgIpc) is 2.62. The summed E-state index contributed by atoms with van der Waals surface area (Å²) in [4.78, 5) is 11.6. The minimum atomic E-state index is -0.00491. The standard InChI is InChI=1S/C10H17NO2/c1-6(2)13-10(12)8-5-7-3-4-9(8)11-7/h6-9,11H,3-5H2,1-2H3. The van der Waals surface area contributed by atoms with Gasteiger partial charge in [-0.15, -0.1) is 0 Å². The SMILES string of the molecule is CC(C)OC(=O)C1CC2CCC1N2. The van der Waals surface area contributed by atoms with E-state index < -0.39 is 0 Å². The van der Waals surface area contributed by atoms with E-state index in [9.17, 15) is 4.79 Å². The predicted molar refractivity (Wildman–Crippen MR) is 49.3 cm³/mol. The summed E-state index contributed by atoms with van der Waals surface area (Å²) >= 11 is 0. The molecule has 2 fully saturated rings. The number of rotatable bonds is 2. The highest BCUT2D eigenvalue weighted by atomic mass is 16.5. The summed E-state index contributed by atoms with van der Waals surface area (Å²) in [5, 5.41) is 3.43. The molecule has 0 saturated carbocycles. The van der Waals surface area contributed by atoms with Gasteiger partial charge in [0.15, 0.2) is 0 Å². The number of hydrogen-bond donors (Lipinski definition) is 1. The van der Waals surface area contributed by atoms with Crippen LogP contribution < -0.4 is 5.32 Å². The van der Waals surface area contributed by atoms with E-state index in [0.717, 1.165) is 12.8 Å². The zero-order chi connectivity index (χ0) is 9.42. The quantitative estimate of drug-likeness (QED) is 0.651. The number of nitrogens with one attached hydrogen (secondary N) is 1. The molecule has 0 aliphatic carbocycles. The van der Waals surface area contributed by atoms with Crippen LogP contribution in [0.3, 0.4) is 0 Å². The molecule has 0 aromatic heterocycles. The van der Waals surface area contributed by atoms with Crippen molar-refractivity contribution in [2.24, 2.45) is 5.92 Å². The van der Waals surface area contributed by atoms with Gasteiger partial charge in [0.1, 0.15) is 0 Å². The molecule has 2 bridgehead atoms. The highest BCUT2D eigenvalue weighted by Gasteiger charge is 2.43. The Balaban J connectivity index is 1.91. The number of esters is 1. The summed E-state index contributed by atoms with van der Waals surface area (Å²) < 4.78 is 5.21. The lowest BCUT2D eigenvalue weighted by molar-refractivity contribution is -0.153. The molecule has 0 amide bonds. The summed E-state index contributed by atoms with van der Waals surface area (Å²) in [7, 11) is 0. The van der Waals surface area contributed by atoms with Crippen molar-refractivity contribution in [1.29, 1.82) is 0 Å². The molecule has 2 aliphatic rings. The van der Waals surface area contributed by atoms with Gasteiger partial charge in [-0.25, -0.2) is 0 Å². The van der Waals surface area contributed by atoms with Gasteiger partial charge in [0.05, 0.1) is 12.0 Å². The first-order chi connectivity index (χ1) is 6.16. The van der Waals surface area contributed by atoms with Gasteiger partial charge in [-0.3, -0.25) is 4.79 Å². The van der Waals surface area contributed by atoms with E-state index in [2.05, 4.69) is 5.32 Å². The van der Waals surface area contributed by atoms with Crippen molar-refractivity contribution >= 4 is 5.97 Å². The third-order valence-corrected chi connectivity index (χ3v) is 2.95. The lowest BCUT2D eigenvalue weighted by Gasteiger charge is -2.19. The molecule has 2 rings (SSSR count). The predicted octanol–water partition coefficient (Wildman–Crippen LogP) is 1.08. The average molecular weight is 183 g/mol. The molecular formula is C10H17NO2. The second-order valence-corrected chi connectivity index (χ2v) is 4.38.